The fraction of sp³-hybridized carbons (Fsp3) is 0.192. The van der Waals surface area contributed by atoms with E-state index in [-0.39, 0.29) is 11.3 Å². The van der Waals surface area contributed by atoms with Gasteiger partial charge in [0, 0.05) is 17.4 Å². The molecule has 1 aromatic heterocycles. The summed E-state index contributed by atoms with van der Waals surface area (Å²) in [6, 6.07) is 16.6. The molecule has 3 heterocycles. The number of nitrogens with zero attached hydrogens (tertiary/aromatic N) is 2. The van der Waals surface area contributed by atoms with Gasteiger partial charge in [-0.3, -0.25) is 19.5 Å². The van der Waals surface area contributed by atoms with Crippen molar-refractivity contribution in [3.05, 3.63) is 89.3 Å². The lowest BCUT2D eigenvalue weighted by Crippen LogP contribution is -2.29. The summed E-state index contributed by atoms with van der Waals surface area (Å²) in [4.78, 5) is 32.2. The molecule has 2 aromatic carbocycles. The molecule has 33 heavy (non-hydrogen) atoms. The van der Waals surface area contributed by atoms with Gasteiger partial charge in [0.2, 0.25) is 0 Å². The molecule has 1 N–H and O–H groups in total. The summed E-state index contributed by atoms with van der Waals surface area (Å²) in [6.07, 6.45) is 3.30. The number of aliphatic hydroxyl groups is 1. The fourth-order valence-corrected chi connectivity index (χ4v) is 4.32. The molecule has 5 rings (SSSR count). The molecular formula is C26H22N2O5. The highest BCUT2D eigenvalue weighted by Crippen LogP contribution is 2.42. The maximum Gasteiger partial charge on any atom is 0.300 e. The molecule has 7 nitrogen and oxygen atoms in total. The van der Waals surface area contributed by atoms with Crippen molar-refractivity contribution in [2.24, 2.45) is 0 Å². The average molecular weight is 442 g/mol. The summed E-state index contributed by atoms with van der Waals surface area (Å²) in [5, 5.41) is 11.3. The predicted molar refractivity (Wildman–Crippen MR) is 122 cm³/mol. The number of hydrogen-bond acceptors (Lipinski definition) is 6. The summed E-state index contributed by atoms with van der Waals surface area (Å²) in [5.41, 5.74) is 2.42. The largest absolute Gasteiger partial charge is 0.507 e. The Balaban J connectivity index is 1.66. The van der Waals surface area contributed by atoms with Crippen molar-refractivity contribution < 1.29 is 24.2 Å². The van der Waals surface area contributed by atoms with Crippen molar-refractivity contribution in [2.75, 3.05) is 18.6 Å². The number of rotatable bonds is 4. The Bertz CT molecular complexity index is 1250. The van der Waals surface area contributed by atoms with Crippen LogP contribution in [0.4, 0.5) is 5.69 Å². The van der Waals surface area contributed by atoms with Crippen LogP contribution in [-0.4, -0.2) is 35.5 Å². The van der Waals surface area contributed by atoms with E-state index >= 15 is 0 Å². The van der Waals surface area contributed by atoms with E-state index in [9.17, 15) is 14.7 Å². The van der Waals surface area contributed by atoms with E-state index in [4.69, 9.17) is 9.47 Å². The molecule has 1 atom stereocenters. The second kappa shape index (κ2) is 8.43. The summed E-state index contributed by atoms with van der Waals surface area (Å²) in [7, 11) is 1.55. The number of methoxy groups -OCH3 is 1. The minimum atomic E-state index is -0.869. The first-order chi connectivity index (χ1) is 16.1. The maximum atomic E-state index is 13.2. The molecule has 1 amide bonds. The van der Waals surface area contributed by atoms with Crippen molar-refractivity contribution in [3.63, 3.8) is 0 Å². The van der Waals surface area contributed by atoms with Crippen molar-refractivity contribution in [2.45, 2.75) is 18.9 Å². The Morgan fingerprint density at radius 2 is 1.94 bits per heavy atom. The van der Waals surface area contributed by atoms with Gasteiger partial charge in [0.15, 0.2) is 0 Å². The maximum absolute atomic E-state index is 13.2. The van der Waals surface area contributed by atoms with E-state index in [1.165, 1.54) is 4.90 Å². The number of carbonyl (C=O) groups is 2. The number of aromatic nitrogens is 1. The lowest BCUT2D eigenvalue weighted by Gasteiger charge is -2.25. The minimum Gasteiger partial charge on any atom is -0.507 e. The highest BCUT2D eigenvalue weighted by molar-refractivity contribution is 6.51. The molecule has 2 aliphatic rings. The highest BCUT2D eigenvalue weighted by Gasteiger charge is 2.47. The summed E-state index contributed by atoms with van der Waals surface area (Å²) in [6.45, 7) is 0.658. The van der Waals surface area contributed by atoms with Gasteiger partial charge in [-0.25, -0.2) is 0 Å². The number of aliphatic hydroxyl groups excluding tert-OH is 1. The van der Waals surface area contributed by atoms with E-state index in [0.717, 1.165) is 24.2 Å². The van der Waals surface area contributed by atoms with E-state index in [2.05, 4.69) is 4.98 Å². The number of ether oxygens (including phenoxy) is 2. The van der Waals surface area contributed by atoms with Crippen LogP contribution >= 0.6 is 0 Å². The van der Waals surface area contributed by atoms with Crippen LogP contribution in [0.5, 0.6) is 11.5 Å². The third kappa shape index (κ3) is 3.61. The molecule has 0 bridgehead atoms. The molecule has 1 saturated heterocycles. The predicted octanol–water partition coefficient (Wildman–Crippen LogP) is 4.04. The molecule has 3 aromatic rings. The topological polar surface area (TPSA) is 89.0 Å². The molecule has 1 unspecified atom stereocenters. The first-order valence-electron chi connectivity index (χ1n) is 10.7. The molecular weight excluding hydrogens is 420 g/mol. The number of anilines is 1. The molecule has 0 spiro atoms. The monoisotopic (exact) mass is 442 g/mol. The SMILES string of the molecule is COc1ccc(N2C(=O)C(=O)/C(=C(\O)c3ccc4c(c3)CCCO4)C2c2ccccn2)cc1. The van der Waals surface area contributed by atoms with Gasteiger partial charge in [0.05, 0.1) is 25.0 Å². The van der Waals surface area contributed by atoms with Crippen LogP contribution in [0.3, 0.4) is 0 Å². The summed E-state index contributed by atoms with van der Waals surface area (Å²) < 4.78 is 10.9. The van der Waals surface area contributed by atoms with Crippen molar-refractivity contribution >= 4 is 23.1 Å². The number of pyridine rings is 1. The van der Waals surface area contributed by atoms with Crippen LogP contribution in [0.1, 0.15) is 29.3 Å². The first-order valence-corrected chi connectivity index (χ1v) is 10.7. The number of Topliss-reactive ketones (excluding diaryl/α,β-unsaturated/α-hetero) is 1. The number of aryl methyl sites for hydroxylation is 1. The zero-order valence-corrected chi connectivity index (χ0v) is 18.0. The van der Waals surface area contributed by atoms with E-state index in [0.29, 0.717) is 29.3 Å². The molecule has 7 heteroatoms. The zero-order valence-electron chi connectivity index (χ0n) is 18.0. The molecule has 166 valence electrons. The number of carbonyl (C=O) groups excluding carboxylic acids is 2. The van der Waals surface area contributed by atoms with Crippen molar-refractivity contribution in [1.29, 1.82) is 0 Å². The van der Waals surface area contributed by atoms with Gasteiger partial charge in [0.1, 0.15) is 23.3 Å². The smallest absolute Gasteiger partial charge is 0.300 e. The average Bonchev–Trinajstić information content (AvgIpc) is 3.14. The van der Waals surface area contributed by atoms with Crippen LogP contribution in [0.25, 0.3) is 5.76 Å². The second-order valence-corrected chi connectivity index (χ2v) is 7.90. The van der Waals surface area contributed by atoms with Crippen LogP contribution in [0.15, 0.2) is 72.4 Å². The van der Waals surface area contributed by atoms with Gasteiger partial charge in [-0.15, -0.1) is 0 Å². The Kier molecular flexibility index (Phi) is 5.30. The summed E-state index contributed by atoms with van der Waals surface area (Å²) >= 11 is 0. The number of ketones is 1. The molecule has 0 radical (unpaired) electrons. The van der Waals surface area contributed by atoms with E-state index < -0.39 is 17.7 Å². The van der Waals surface area contributed by atoms with Crippen LogP contribution in [0.2, 0.25) is 0 Å². The van der Waals surface area contributed by atoms with Crippen molar-refractivity contribution in [1.82, 2.24) is 4.98 Å². The van der Waals surface area contributed by atoms with Crippen LogP contribution in [-0.2, 0) is 16.0 Å². The standard InChI is InChI=1S/C26H22N2O5/c1-32-19-10-8-18(9-11-19)28-23(20-6-2-3-13-27-20)22(25(30)26(28)31)24(29)17-7-12-21-16(15-17)5-4-14-33-21/h2-3,6-13,15,23,29H,4-5,14H2,1H3/b24-22-. The molecule has 2 aliphatic heterocycles. The van der Waals surface area contributed by atoms with E-state index in [1.807, 2.05) is 6.07 Å². The number of amides is 1. The van der Waals surface area contributed by atoms with E-state index in [1.54, 1.807) is 67.9 Å². The third-order valence-electron chi connectivity index (χ3n) is 5.94. The second-order valence-electron chi connectivity index (χ2n) is 7.90. The minimum absolute atomic E-state index is 0.00574. The van der Waals surface area contributed by atoms with Crippen molar-refractivity contribution in [3.8, 4) is 11.5 Å². The number of benzene rings is 2. The Labute approximate surface area is 190 Å². The normalized spacial score (nSPS) is 19.2. The Morgan fingerprint density at radius 3 is 2.67 bits per heavy atom. The van der Waals surface area contributed by atoms with Gasteiger partial charge < -0.3 is 14.6 Å². The van der Waals surface area contributed by atoms with Gasteiger partial charge >= 0.3 is 0 Å². The Morgan fingerprint density at radius 1 is 1.12 bits per heavy atom. The molecule has 0 saturated carbocycles. The quantitative estimate of drug-likeness (QED) is 0.373. The first kappa shape index (κ1) is 20.8. The summed E-state index contributed by atoms with van der Waals surface area (Å²) in [5.74, 6) is -0.307. The van der Waals surface area contributed by atoms with Gasteiger partial charge in [-0.2, -0.15) is 0 Å². The Hall–Kier alpha value is -4.13. The highest BCUT2D eigenvalue weighted by atomic mass is 16.5. The van der Waals surface area contributed by atoms with Crippen LogP contribution in [0, 0.1) is 0 Å². The number of fused-ring (bicyclic) bond motifs is 1. The fourth-order valence-electron chi connectivity index (χ4n) is 4.32. The van der Waals surface area contributed by atoms with Crippen LogP contribution < -0.4 is 14.4 Å². The molecule has 1 fully saturated rings. The van der Waals surface area contributed by atoms with Gasteiger partial charge in [-0.05, 0) is 73.0 Å². The zero-order chi connectivity index (χ0) is 22.9. The lowest BCUT2D eigenvalue weighted by atomic mass is 9.96. The number of hydrogen-bond donors (Lipinski definition) is 1. The van der Waals surface area contributed by atoms with Gasteiger partial charge in [0.25, 0.3) is 11.7 Å². The molecule has 0 aliphatic carbocycles. The lowest BCUT2D eigenvalue weighted by molar-refractivity contribution is -0.132. The van der Waals surface area contributed by atoms with Gasteiger partial charge in [-0.1, -0.05) is 6.07 Å². The third-order valence-corrected chi connectivity index (χ3v) is 5.94.